The molecule has 0 spiro atoms. The van der Waals surface area contributed by atoms with E-state index in [1.807, 2.05) is 36.4 Å². The van der Waals surface area contributed by atoms with Crippen LogP contribution in [0.1, 0.15) is 5.56 Å². The lowest BCUT2D eigenvalue weighted by Crippen LogP contribution is -2.13. The number of carbonyl (C=O) groups excluding carboxylic acids is 1. The van der Waals surface area contributed by atoms with Crippen LogP contribution in [0.4, 0.5) is 14.5 Å². The van der Waals surface area contributed by atoms with Crippen molar-refractivity contribution in [3.63, 3.8) is 0 Å². The number of ether oxygens (including phenoxy) is 2. The molecule has 1 N–H and O–H groups in total. The van der Waals surface area contributed by atoms with Crippen LogP contribution in [-0.4, -0.2) is 35.7 Å². The van der Waals surface area contributed by atoms with Gasteiger partial charge in [-0.3, -0.25) is 4.79 Å². The van der Waals surface area contributed by atoms with Gasteiger partial charge in [0.1, 0.15) is 17.3 Å². The molecule has 0 saturated carbocycles. The van der Waals surface area contributed by atoms with Crippen LogP contribution in [0.2, 0.25) is 0 Å². The number of nitrogens with zero attached hydrogens (tertiary/aromatic N) is 3. The number of carbonyl (C=O) groups is 1. The number of rotatable bonds is 9. The van der Waals surface area contributed by atoms with E-state index in [-0.39, 0.29) is 5.57 Å². The topological polar surface area (TPSA) is 89.2 Å². The third kappa shape index (κ3) is 6.19. The van der Waals surface area contributed by atoms with Gasteiger partial charge >= 0.3 is 0 Å². The number of anilines is 1. The minimum atomic E-state index is -2.54. The van der Waals surface area contributed by atoms with Crippen molar-refractivity contribution in [3.05, 3.63) is 90.1 Å². The van der Waals surface area contributed by atoms with Crippen LogP contribution >= 0.6 is 11.8 Å². The van der Waals surface area contributed by atoms with Gasteiger partial charge in [-0.2, -0.15) is 19.1 Å². The van der Waals surface area contributed by atoms with Gasteiger partial charge in [-0.25, -0.2) is 4.68 Å². The summed E-state index contributed by atoms with van der Waals surface area (Å²) in [6.07, 6.45) is 3.18. The zero-order valence-corrected chi connectivity index (χ0v) is 21.2. The largest absolute Gasteiger partial charge is 0.493 e. The smallest absolute Gasteiger partial charge is 0.288 e. The van der Waals surface area contributed by atoms with E-state index in [0.717, 1.165) is 5.69 Å². The van der Waals surface area contributed by atoms with Gasteiger partial charge in [-0.1, -0.05) is 30.0 Å². The second-order valence-electron chi connectivity index (χ2n) is 7.81. The fraction of sp³-hybridized carbons (Fsp3) is 0.107. The lowest BCUT2D eigenvalue weighted by Gasteiger charge is -2.09. The predicted molar refractivity (Wildman–Crippen MR) is 143 cm³/mol. The Labute approximate surface area is 222 Å². The molecule has 0 radical (unpaired) electrons. The van der Waals surface area contributed by atoms with Crippen LogP contribution in [0.25, 0.3) is 23.0 Å². The molecule has 0 saturated heterocycles. The number of nitrogens with one attached hydrogen (secondary N) is 1. The molecule has 4 aromatic rings. The van der Waals surface area contributed by atoms with E-state index >= 15 is 0 Å². The van der Waals surface area contributed by atoms with Gasteiger partial charge < -0.3 is 14.8 Å². The second kappa shape index (κ2) is 12.1. The number of alkyl halides is 2. The van der Waals surface area contributed by atoms with Crippen LogP contribution in [0.15, 0.2) is 89.5 Å². The summed E-state index contributed by atoms with van der Waals surface area (Å²) in [6.45, 7) is 0. The first-order valence-electron chi connectivity index (χ1n) is 11.3. The molecule has 1 amide bonds. The Hall–Kier alpha value is -4.62. The number of hydrogen-bond donors (Lipinski definition) is 1. The SMILES string of the molecule is COc1ccc(-c2nn(-c3ccccc3)cc2C=C(C#N)C(=O)Nc2ccc(SC(F)F)cc2)cc1OC. The highest BCUT2D eigenvalue weighted by Crippen LogP contribution is 2.34. The van der Waals surface area contributed by atoms with Gasteiger partial charge in [0, 0.05) is 27.9 Å². The van der Waals surface area contributed by atoms with Crippen LogP contribution in [0, 0.1) is 11.3 Å². The van der Waals surface area contributed by atoms with Crippen molar-refractivity contribution in [1.82, 2.24) is 9.78 Å². The third-order valence-electron chi connectivity index (χ3n) is 5.42. The molecule has 0 aliphatic heterocycles. The third-order valence-corrected chi connectivity index (χ3v) is 6.15. The molecule has 4 rings (SSSR count). The Kier molecular flexibility index (Phi) is 8.40. The van der Waals surface area contributed by atoms with Gasteiger partial charge in [-0.05, 0) is 60.7 Å². The fourth-order valence-corrected chi connectivity index (χ4v) is 4.13. The van der Waals surface area contributed by atoms with Crippen molar-refractivity contribution in [2.75, 3.05) is 19.5 Å². The highest BCUT2D eigenvalue weighted by atomic mass is 32.2. The minimum absolute atomic E-state index is 0.162. The number of halogens is 2. The Morgan fingerprint density at radius 3 is 2.39 bits per heavy atom. The predicted octanol–water partition coefficient (Wildman–Crippen LogP) is 6.42. The number of methoxy groups -OCH3 is 2. The molecule has 10 heteroatoms. The Morgan fingerprint density at radius 1 is 1.05 bits per heavy atom. The molecule has 38 heavy (non-hydrogen) atoms. The number of hydrogen-bond acceptors (Lipinski definition) is 6. The standard InChI is InChI=1S/C28H22F2N4O3S/c1-36-24-13-8-18(15-25(24)37-2)26-20(17-34(33-26)22-6-4-3-5-7-22)14-19(16-31)27(35)32-21-9-11-23(12-10-21)38-28(29)30/h3-15,17,28H,1-2H3,(H,32,35). The first-order chi connectivity index (χ1) is 18.4. The average molecular weight is 533 g/mol. The maximum absolute atomic E-state index is 12.9. The van der Waals surface area contributed by atoms with Crippen molar-refractivity contribution in [3.8, 4) is 34.5 Å². The molecular weight excluding hydrogens is 510 g/mol. The quantitative estimate of drug-likeness (QED) is 0.152. The van der Waals surface area contributed by atoms with E-state index in [4.69, 9.17) is 14.6 Å². The number of benzene rings is 3. The number of aromatic nitrogens is 2. The summed E-state index contributed by atoms with van der Waals surface area (Å²) < 4.78 is 37.5. The first-order valence-corrected chi connectivity index (χ1v) is 12.1. The molecule has 1 aromatic heterocycles. The minimum Gasteiger partial charge on any atom is -0.493 e. The highest BCUT2D eigenvalue weighted by molar-refractivity contribution is 7.99. The molecule has 3 aromatic carbocycles. The number of nitriles is 1. The highest BCUT2D eigenvalue weighted by Gasteiger charge is 2.17. The monoisotopic (exact) mass is 532 g/mol. The summed E-state index contributed by atoms with van der Waals surface area (Å²) in [7, 11) is 3.07. The van der Waals surface area contributed by atoms with Crippen LogP contribution in [0.5, 0.6) is 11.5 Å². The van der Waals surface area contributed by atoms with Gasteiger partial charge in [-0.15, -0.1) is 0 Å². The average Bonchev–Trinajstić information content (AvgIpc) is 3.36. The molecule has 192 valence electrons. The van der Waals surface area contributed by atoms with Gasteiger partial charge in [0.25, 0.3) is 11.7 Å². The maximum Gasteiger partial charge on any atom is 0.288 e. The molecule has 7 nitrogen and oxygen atoms in total. The number of thioether (sulfide) groups is 1. The maximum atomic E-state index is 12.9. The van der Waals surface area contributed by atoms with Crippen LogP contribution < -0.4 is 14.8 Å². The number of para-hydroxylation sites is 1. The van der Waals surface area contributed by atoms with Crippen molar-refractivity contribution in [2.45, 2.75) is 10.7 Å². The molecule has 0 bridgehead atoms. The van der Waals surface area contributed by atoms with Gasteiger partial charge in [0.15, 0.2) is 11.5 Å². The van der Waals surface area contributed by atoms with Gasteiger partial charge in [0.2, 0.25) is 0 Å². The molecule has 0 unspecified atom stereocenters. The van der Waals surface area contributed by atoms with E-state index in [1.165, 1.54) is 37.5 Å². The molecule has 0 aliphatic rings. The van der Waals surface area contributed by atoms with Crippen molar-refractivity contribution < 1.29 is 23.0 Å². The zero-order chi connectivity index (χ0) is 27.1. The Balaban J connectivity index is 1.71. The summed E-state index contributed by atoms with van der Waals surface area (Å²) in [5, 5.41) is 17.1. The summed E-state index contributed by atoms with van der Waals surface area (Å²) in [4.78, 5) is 13.3. The van der Waals surface area contributed by atoms with Crippen LogP contribution in [0.3, 0.4) is 0 Å². The van der Waals surface area contributed by atoms with E-state index < -0.39 is 11.7 Å². The Morgan fingerprint density at radius 2 is 1.76 bits per heavy atom. The number of amides is 1. The van der Waals surface area contributed by atoms with Gasteiger partial charge in [0.05, 0.1) is 19.9 Å². The Bertz CT molecular complexity index is 1500. The van der Waals surface area contributed by atoms with E-state index in [2.05, 4.69) is 5.32 Å². The molecule has 0 atom stereocenters. The lowest BCUT2D eigenvalue weighted by molar-refractivity contribution is -0.112. The second-order valence-corrected chi connectivity index (χ2v) is 8.87. The molecular formula is C28H22F2N4O3S. The first kappa shape index (κ1) is 26.4. The summed E-state index contributed by atoms with van der Waals surface area (Å²) in [5.74, 6) is -2.14. The van der Waals surface area contributed by atoms with E-state index in [0.29, 0.717) is 50.7 Å². The van der Waals surface area contributed by atoms with Crippen LogP contribution in [-0.2, 0) is 4.79 Å². The summed E-state index contributed by atoms with van der Waals surface area (Å²) in [6, 6.07) is 22.6. The zero-order valence-electron chi connectivity index (χ0n) is 20.4. The molecule has 0 aliphatic carbocycles. The van der Waals surface area contributed by atoms with Crippen molar-refractivity contribution in [2.24, 2.45) is 0 Å². The van der Waals surface area contributed by atoms with E-state index in [1.54, 1.807) is 36.2 Å². The normalized spacial score (nSPS) is 11.2. The lowest BCUT2D eigenvalue weighted by atomic mass is 10.1. The van der Waals surface area contributed by atoms with Crippen molar-refractivity contribution in [1.29, 1.82) is 5.26 Å². The fourth-order valence-electron chi connectivity index (χ4n) is 3.64. The summed E-state index contributed by atoms with van der Waals surface area (Å²) in [5.41, 5.74) is 2.73. The van der Waals surface area contributed by atoms with Crippen molar-refractivity contribution >= 4 is 29.4 Å². The molecule has 1 heterocycles. The summed E-state index contributed by atoms with van der Waals surface area (Å²) >= 11 is 0.408. The molecule has 0 fully saturated rings. The van der Waals surface area contributed by atoms with E-state index in [9.17, 15) is 18.8 Å².